The second kappa shape index (κ2) is 7.24. The molecule has 2 aliphatic rings. The standard InChI is InChI=1S/C15H18ClN5O4/c1-25-14(22)9-18-8-12(21(23)24)15-19(4-5-20(15)10-18)7-11-2-3-13(16)17-6-11/h2-3,6H,4-5,7-10H2,1H3. The molecule has 3 heterocycles. The van der Waals surface area contributed by atoms with Crippen LogP contribution in [-0.2, 0) is 16.1 Å². The Bertz CT molecular complexity index is 708. The van der Waals surface area contributed by atoms with Crippen molar-refractivity contribution < 1.29 is 14.5 Å². The van der Waals surface area contributed by atoms with Crippen molar-refractivity contribution in [2.24, 2.45) is 0 Å². The number of ether oxygens (including phenoxy) is 1. The smallest absolute Gasteiger partial charge is 0.319 e. The summed E-state index contributed by atoms with van der Waals surface area (Å²) < 4.78 is 4.66. The number of methoxy groups -OCH3 is 1. The van der Waals surface area contributed by atoms with E-state index in [2.05, 4.69) is 9.72 Å². The van der Waals surface area contributed by atoms with Gasteiger partial charge in [-0.2, -0.15) is 0 Å². The number of pyridine rings is 1. The summed E-state index contributed by atoms with van der Waals surface area (Å²) in [6.45, 7) is 2.43. The zero-order chi connectivity index (χ0) is 18.0. The van der Waals surface area contributed by atoms with Gasteiger partial charge in [-0.3, -0.25) is 19.8 Å². The average Bonchev–Trinajstić information content (AvgIpc) is 2.98. The second-order valence-electron chi connectivity index (χ2n) is 5.91. The number of carbonyl (C=O) groups excluding carboxylic acids is 1. The normalized spacial score (nSPS) is 17.7. The molecule has 0 unspecified atom stereocenters. The number of nitro groups is 1. The maximum absolute atomic E-state index is 11.6. The Hall–Kier alpha value is -2.39. The Morgan fingerprint density at radius 1 is 1.44 bits per heavy atom. The number of esters is 1. The van der Waals surface area contributed by atoms with Crippen LogP contribution >= 0.6 is 11.6 Å². The molecule has 10 heteroatoms. The van der Waals surface area contributed by atoms with Crippen LogP contribution in [0.2, 0.25) is 5.15 Å². The zero-order valence-electron chi connectivity index (χ0n) is 13.7. The summed E-state index contributed by atoms with van der Waals surface area (Å²) in [6, 6.07) is 3.56. The molecule has 0 N–H and O–H groups in total. The summed E-state index contributed by atoms with van der Waals surface area (Å²) in [6.07, 6.45) is 1.67. The molecule has 1 aromatic rings. The molecule has 0 amide bonds. The summed E-state index contributed by atoms with van der Waals surface area (Å²) in [7, 11) is 1.31. The number of fused-ring (bicyclic) bond motifs is 1. The molecule has 1 fully saturated rings. The summed E-state index contributed by atoms with van der Waals surface area (Å²) in [4.78, 5) is 32.3. The minimum absolute atomic E-state index is 0.0265. The highest BCUT2D eigenvalue weighted by Gasteiger charge is 2.39. The second-order valence-corrected chi connectivity index (χ2v) is 6.29. The molecule has 0 aliphatic carbocycles. The van der Waals surface area contributed by atoms with Crippen molar-refractivity contribution in [3.63, 3.8) is 0 Å². The van der Waals surface area contributed by atoms with Gasteiger partial charge in [0.15, 0.2) is 5.82 Å². The van der Waals surface area contributed by atoms with E-state index < -0.39 is 5.97 Å². The topological polar surface area (TPSA) is 92.0 Å². The predicted molar refractivity (Wildman–Crippen MR) is 88.8 cm³/mol. The van der Waals surface area contributed by atoms with Gasteiger partial charge in [-0.1, -0.05) is 17.7 Å². The molecule has 3 rings (SSSR count). The molecule has 0 spiro atoms. The van der Waals surface area contributed by atoms with Gasteiger partial charge in [0.25, 0.3) is 5.70 Å². The average molecular weight is 368 g/mol. The monoisotopic (exact) mass is 367 g/mol. The third-order valence-electron chi connectivity index (χ3n) is 4.20. The molecule has 0 aromatic carbocycles. The minimum Gasteiger partial charge on any atom is -0.468 e. The first-order valence-corrected chi connectivity index (χ1v) is 8.12. The van der Waals surface area contributed by atoms with Gasteiger partial charge in [-0.25, -0.2) is 4.98 Å². The van der Waals surface area contributed by atoms with Gasteiger partial charge in [0, 0.05) is 25.8 Å². The largest absolute Gasteiger partial charge is 0.468 e. The van der Waals surface area contributed by atoms with Crippen LogP contribution in [0.4, 0.5) is 0 Å². The first-order chi connectivity index (χ1) is 12.0. The molecular weight excluding hydrogens is 350 g/mol. The Morgan fingerprint density at radius 2 is 2.24 bits per heavy atom. The van der Waals surface area contributed by atoms with Gasteiger partial charge >= 0.3 is 5.97 Å². The van der Waals surface area contributed by atoms with Crippen LogP contribution in [0.3, 0.4) is 0 Å². The van der Waals surface area contributed by atoms with E-state index in [4.69, 9.17) is 11.6 Å². The van der Waals surface area contributed by atoms with Crippen molar-refractivity contribution in [3.8, 4) is 0 Å². The third-order valence-corrected chi connectivity index (χ3v) is 4.43. The number of hydrogen-bond acceptors (Lipinski definition) is 8. The van der Waals surface area contributed by atoms with Crippen LogP contribution in [0.1, 0.15) is 5.56 Å². The van der Waals surface area contributed by atoms with E-state index in [1.807, 2.05) is 15.9 Å². The van der Waals surface area contributed by atoms with Crippen LogP contribution in [-0.4, -0.2) is 70.5 Å². The van der Waals surface area contributed by atoms with Gasteiger partial charge in [0.2, 0.25) is 0 Å². The van der Waals surface area contributed by atoms with Gasteiger partial charge in [0.1, 0.15) is 5.15 Å². The number of aromatic nitrogens is 1. The number of carbonyl (C=O) groups is 1. The fraction of sp³-hybridized carbons (Fsp3) is 0.467. The summed E-state index contributed by atoms with van der Waals surface area (Å²) in [5, 5.41) is 12.0. The number of nitrogens with zero attached hydrogens (tertiary/aromatic N) is 5. The van der Waals surface area contributed by atoms with Crippen LogP contribution in [0.15, 0.2) is 29.8 Å². The van der Waals surface area contributed by atoms with E-state index in [0.717, 1.165) is 5.56 Å². The van der Waals surface area contributed by atoms with E-state index >= 15 is 0 Å². The molecule has 0 bridgehead atoms. The summed E-state index contributed by atoms with van der Waals surface area (Å²) >= 11 is 5.80. The highest BCUT2D eigenvalue weighted by Crippen LogP contribution is 2.28. The Morgan fingerprint density at radius 3 is 2.88 bits per heavy atom. The molecule has 0 atom stereocenters. The van der Waals surface area contributed by atoms with Crippen molar-refractivity contribution in [2.75, 3.05) is 40.0 Å². The molecule has 25 heavy (non-hydrogen) atoms. The fourth-order valence-corrected chi connectivity index (χ4v) is 3.21. The Labute approximate surface area is 149 Å². The fourth-order valence-electron chi connectivity index (χ4n) is 3.10. The highest BCUT2D eigenvalue weighted by atomic mass is 35.5. The van der Waals surface area contributed by atoms with E-state index in [1.54, 1.807) is 17.2 Å². The molecule has 2 aliphatic heterocycles. The first-order valence-electron chi connectivity index (χ1n) is 7.75. The quantitative estimate of drug-likeness (QED) is 0.326. The van der Waals surface area contributed by atoms with E-state index in [0.29, 0.717) is 37.3 Å². The van der Waals surface area contributed by atoms with E-state index in [9.17, 15) is 14.9 Å². The lowest BCUT2D eigenvalue weighted by molar-refractivity contribution is -0.433. The lowest BCUT2D eigenvalue weighted by atomic mass is 10.2. The Kier molecular flexibility index (Phi) is 5.05. The van der Waals surface area contributed by atoms with Crippen molar-refractivity contribution in [2.45, 2.75) is 6.54 Å². The lowest BCUT2D eigenvalue weighted by Gasteiger charge is -2.34. The number of rotatable bonds is 5. The van der Waals surface area contributed by atoms with Crippen molar-refractivity contribution >= 4 is 17.6 Å². The summed E-state index contributed by atoms with van der Waals surface area (Å²) in [5.41, 5.74) is 1.02. The van der Waals surface area contributed by atoms with Crippen LogP contribution in [0.5, 0.6) is 0 Å². The maximum atomic E-state index is 11.6. The predicted octanol–water partition coefficient (Wildman–Crippen LogP) is 0.744. The highest BCUT2D eigenvalue weighted by molar-refractivity contribution is 6.29. The first kappa shape index (κ1) is 17.4. The zero-order valence-corrected chi connectivity index (χ0v) is 14.5. The van der Waals surface area contributed by atoms with Crippen LogP contribution in [0, 0.1) is 10.1 Å². The van der Waals surface area contributed by atoms with Crippen molar-refractivity contribution in [1.29, 1.82) is 0 Å². The van der Waals surface area contributed by atoms with Gasteiger partial charge in [-0.05, 0) is 11.6 Å². The van der Waals surface area contributed by atoms with E-state index in [1.165, 1.54) is 7.11 Å². The molecule has 1 saturated heterocycles. The molecule has 0 saturated carbocycles. The Balaban J connectivity index is 1.81. The van der Waals surface area contributed by atoms with Crippen LogP contribution < -0.4 is 0 Å². The van der Waals surface area contributed by atoms with Gasteiger partial charge in [0.05, 0.1) is 31.8 Å². The minimum atomic E-state index is -0.408. The molecule has 9 nitrogen and oxygen atoms in total. The molecule has 0 radical (unpaired) electrons. The summed E-state index contributed by atoms with van der Waals surface area (Å²) in [5.74, 6) is 0.204. The number of halogens is 1. The van der Waals surface area contributed by atoms with Crippen molar-refractivity contribution in [1.82, 2.24) is 19.7 Å². The van der Waals surface area contributed by atoms with Gasteiger partial charge in [-0.15, -0.1) is 0 Å². The molecule has 1 aromatic heterocycles. The molecular formula is C15H18ClN5O4. The molecule has 134 valence electrons. The SMILES string of the molecule is COC(=O)CN1CC([N+](=O)[O-])=C2N(Cc3ccc(Cl)nc3)CCN2C1. The van der Waals surface area contributed by atoms with E-state index in [-0.39, 0.29) is 23.7 Å². The maximum Gasteiger partial charge on any atom is 0.319 e. The van der Waals surface area contributed by atoms with Gasteiger partial charge < -0.3 is 14.5 Å². The number of hydrogen-bond donors (Lipinski definition) is 0. The third kappa shape index (κ3) is 3.83. The van der Waals surface area contributed by atoms with Crippen molar-refractivity contribution in [3.05, 3.63) is 50.7 Å². The lowest BCUT2D eigenvalue weighted by Crippen LogP contribution is -2.46. The van der Waals surface area contributed by atoms with Crippen LogP contribution in [0.25, 0.3) is 0 Å².